The maximum Gasteiger partial charge on any atom is 0.338 e. The van der Waals surface area contributed by atoms with Crippen molar-refractivity contribution in [2.75, 3.05) is 32.8 Å². The van der Waals surface area contributed by atoms with Gasteiger partial charge in [-0.05, 0) is 64.2 Å². The van der Waals surface area contributed by atoms with Crippen LogP contribution in [-0.2, 0) is 37.5 Å². The van der Waals surface area contributed by atoms with Crippen LogP contribution in [-0.4, -0.2) is 87.0 Å². The number of allylic oxidation sites excluding steroid dienone is 1. The molecule has 40 heavy (non-hydrogen) atoms. The molecule has 1 aliphatic carbocycles. The molecule has 2 saturated heterocycles. The summed E-state index contributed by atoms with van der Waals surface area (Å²) in [5.41, 5.74) is 4.68. The summed E-state index contributed by atoms with van der Waals surface area (Å²) in [5.74, 6) is -0.484. The number of rotatable bonds is 4. The molecule has 1 unspecified atom stereocenters. The fourth-order valence-corrected chi connectivity index (χ4v) is 6.51. The number of nitrogens with zero attached hydrogens (tertiary/aromatic N) is 6. The van der Waals surface area contributed by atoms with Crippen molar-refractivity contribution in [1.29, 1.82) is 0 Å². The number of tetrazole rings is 1. The lowest BCUT2D eigenvalue weighted by Gasteiger charge is -2.47. The molecule has 0 spiro atoms. The number of esters is 1. The van der Waals surface area contributed by atoms with Gasteiger partial charge >= 0.3 is 5.97 Å². The Morgan fingerprint density at radius 1 is 1.18 bits per heavy atom. The van der Waals surface area contributed by atoms with Crippen molar-refractivity contribution in [1.82, 2.24) is 30.0 Å². The number of carbonyl (C=O) groups is 3. The highest BCUT2D eigenvalue weighted by molar-refractivity contribution is 6.06. The molecule has 1 amide bonds. The van der Waals surface area contributed by atoms with Crippen LogP contribution in [0.25, 0.3) is 5.69 Å². The van der Waals surface area contributed by atoms with E-state index in [9.17, 15) is 14.4 Å². The number of amides is 1. The lowest BCUT2D eigenvalue weighted by Crippen LogP contribution is -2.62. The maximum absolute atomic E-state index is 14.0. The SMILES string of the molecule is Cc1c([C@@H]2CN3CCN(C(=O)C4(C=O)C=CCc5cc(-n6cnnn6)ccc54)C[C@H]3CO2)ccc2c1COC2=O. The van der Waals surface area contributed by atoms with Gasteiger partial charge in [0.25, 0.3) is 0 Å². The lowest BCUT2D eigenvalue weighted by molar-refractivity contribution is -0.145. The van der Waals surface area contributed by atoms with Crippen molar-refractivity contribution in [3.63, 3.8) is 0 Å². The van der Waals surface area contributed by atoms with Gasteiger partial charge < -0.3 is 19.2 Å². The third-order valence-electron chi connectivity index (χ3n) is 8.74. The number of aldehydes is 1. The molecule has 0 radical (unpaired) electrons. The van der Waals surface area contributed by atoms with Gasteiger partial charge in [0.1, 0.15) is 24.6 Å². The van der Waals surface area contributed by atoms with Crippen LogP contribution in [0.5, 0.6) is 0 Å². The van der Waals surface area contributed by atoms with Gasteiger partial charge in [0.15, 0.2) is 0 Å². The highest BCUT2D eigenvalue weighted by Crippen LogP contribution is 2.37. The number of hydrogen-bond acceptors (Lipinski definition) is 9. The Hall–Kier alpha value is -4.22. The molecule has 2 aromatic carbocycles. The van der Waals surface area contributed by atoms with Crippen LogP contribution in [0.2, 0.25) is 0 Å². The summed E-state index contributed by atoms with van der Waals surface area (Å²) in [7, 11) is 0. The molecule has 4 heterocycles. The number of benzene rings is 2. The monoisotopic (exact) mass is 540 g/mol. The van der Waals surface area contributed by atoms with Gasteiger partial charge in [-0.2, -0.15) is 0 Å². The molecule has 0 saturated carbocycles. The largest absolute Gasteiger partial charge is 0.457 e. The first-order valence-electron chi connectivity index (χ1n) is 13.4. The maximum atomic E-state index is 14.0. The molecule has 1 aromatic heterocycles. The molecule has 0 N–H and O–H groups in total. The number of carbonyl (C=O) groups excluding carboxylic acids is 3. The van der Waals surface area contributed by atoms with Crippen molar-refractivity contribution < 1.29 is 23.9 Å². The normalized spacial score (nSPS) is 25.6. The Balaban J connectivity index is 1.09. The number of piperazine rings is 1. The zero-order valence-electron chi connectivity index (χ0n) is 22.0. The molecule has 204 valence electrons. The molecule has 4 aliphatic rings. The minimum absolute atomic E-state index is 0.0338. The summed E-state index contributed by atoms with van der Waals surface area (Å²) in [6.45, 7) is 5.18. The second kappa shape index (κ2) is 9.46. The Labute approximate surface area is 230 Å². The Morgan fingerprint density at radius 2 is 2.08 bits per heavy atom. The van der Waals surface area contributed by atoms with E-state index in [0.717, 1.165) is 34.2 Å². The fraction of sp³-hybridized carbons (Fsp3) is 0.379. The summed E-state index contributed by atoms with van der Waals surface area (Å²) in [5, 5.41) is 11.3. The zero-order chi connectivity index (χ0) is 27.4. The van der Waals surface area contributed by atoms with Gasteiger partial charge in [0.05, 0.1) is 30.0 Å². The number of aromatic nitrogens is 4. The minimum Gasteiger partial charge on any atom is -0.457 e. The topological polar surface area (TPSA) is 120 Å². The van der Waals surface area contributed by atoms with Crippen molar-refractivity contribution in [3.05, 3.63) is 82.2 Å². The lowest BCUT2D eigenvalue weighted by atomic mass is 9.73. The van der Waals surface area contributed by atoms with E-state index < -0.39 is 5.41 Å². The van der Waals surface area contributed by atoms with Crippen molar-refractivity contribution in [2.45, 2.75) is 37.5 Å². The quantitative estimate of drug-likeness (QED) is 0.210. The second-order valence-corrected chi connectivity index (χ2v) is 10.8. The highest BCUT2D eigenvalue weighted by atomic mass is 16.5. The number of cyclic esters (lactones) is 1. The number of hydrogen-bond donors (Lipinski definition) is 0. The van der Waals surface area contributed by atoms with E-state index in [1.54, 1.807) is 15.7 Å². The van der Waals surface area contributed by atoms with E-state index in [4.69, 9.17) is 9.47 Å². The predicted octanol–water partition coefficient (Wildman–Crippen LogP) is 1.47. The summed E-state index contributed by atoms with van der Waals surface area (Å²) >= 11 is 0. The fourth-order valence-electron chi connectivity index (χ4n) is 6.51. The van der Waals surface area contributed by atoms with Crippen molar-refractivity contribution >= 4 is 18.2 Å². The molecule has 7 rings (SSSR count). The van der Waals surface area contributed by atoms with Gasteiger partial charge in [-0.1, -0.05) is 24.3 Å². The third-order valence-corrected chi connectivity index (χ3v) is 8.74. The standard InChI is InChI=1S/C29H28N6O5/c1-18-22(5-6-23-24(18)15-40-27(23)37)26-13-33-9-10-34(12-21(33)14-39-26)28(38)29(16-36)8-2-3-19-11-20(4-7-25(19)29)35-17-30-31-32-35/h2,4-8,11,16-17,21,26H,3,9-10,12-15H2,1H3/t21-,26-,29?/m0/s1. The number of ether oxygens (including phenoxy) is 2. The van der Waals surface area contributed by atoms with Gasteiger partial charge in [-0.25, -0.2) is 9.48 Å². The second-order valence-electron chi connectivity index (χ2n) is 10.8. The minimum atomic E-state index is -1.37. The van der Waals surface area contributed by atoms with Crippen LogP contribution in [0.4, 0.5) is 0 Å². The molecule has 11 nitrogen and oxygen atoms in total. The van der Waals surface area contributed by atoms with Gasteiger partial charge in [-0.15, -0.1) is 5.10 Å². The average molecular weight is 541 g/mol. The molecular weight excluding hydrogens is 512 g/mol. The zero-order valence-corrected chi connectivity index (χ0v) is 22.0. The van der Waals surface area contributed by atoms with E-state index in [1.165, 1.54) is 6.33 Å². The first-order valence-corrected chi connectivity index (χ1v) is 13.4. The van der Waals surface area contributed by atoms with Gasteiger partial charge in [0, 0.05) is 31.7 Å². The molecule has 3 atom stereocenters. The third kappa shape index (κ3) is 3.80. The highest BCUT2D eigenvalue weighted by Gasteiger charge is 2.46. The molecule has 11 heteroatoms. The smallest absolute Gasteiger partial charge is 0.338 e. The molecule has 2 fully saturated rings. The summed E-state index contributed by atoms with van der Waals surface area (Å²) in [4.78, 5) is 42.8. The van der Waals surface area contributed by atoms with E-state index in [2.05, 4.69) is 20.4 Å². The van der Waals surface area contributed by atoms with Gasteiger partial charge in [-0.3, -0.25) is 9.69 Å². The van der Waals surface area contributed by atoms with E-state index in [-0.39, 0.29) is 24.0 Å². The molecule has 3 aromatic rings. The summed E-state index contributed by atoms with van der Waals surface area (Å²) in [6.07, 6.45) is 6.40. The van der Waals surface area contributed by atoms with Gasteiger partial charge in [0.2, 0.25) is 5.91 Å². The molecular formula is C29H28N6O5. The summed E-state index contributed by atoms with van der Waals surface area (Å²) in [6, 6.07) is 9.43. The van der Waals surface area contributed by atoms with Crippen LogP contribution < -0.4 is 0 Å². The van der Waals surface area contributed by atoms with Crippen molar-refractivity contribution in [2.24, 2.45) is 0 Å². The number of fused-ring (bicyclic) bond motifs is 3. The van der Waals surface area contributed by atoms with Crippen molar-refractivity contribution in [3.8, 4) is 5.69 Å². The summed E-state index contributed by atoms with van der Waals surface area (Å²) < 4.78 is 13.1. The Bertz CT molecular complexity index is 1550. The van der Waals surface area contributed by atoms with E-state index >= 15 is 0 Å². The average Bonchev–Trinajstić information content (AvgIpc) is 3.67. The first kappa shape index (κ1) is 24.8. The van der Waals surface area contributed by atoms with Crippen LogP contribution in [0.1, 0.15) is 44.3 Å². The first-order chi connectivity index (χ1) is 19.5. The number of morpholine rings is 1. The van der Waals surface area contributed by atoms with Crippen LogP contribution >= 0.6 is 0 Å². The molecule has 3 aliphatic heterocycles. The predicted molar refractivity (Wildman–Crippen MR) is 141 cm³/mol. The van der Waals surface area contributed by atoms with Crippen LogP contribution in [0, 0.1) is 6.92 Å². The van der Waals surface area contributed by atoms with Crippen LogP contribution in [0.3, 0.4) is 0 Å². The Kier molecular flexibility index (Phi) is 5.86. The molecule has 0 bridgehead atoms. The van der Waals surface area contributed by atoms with Crippen LogP contribution in [0.15, 0.2) is 48.8 Å². The van der Waals surface area contributed by atoms with E-state index in [1.807, 2.05) is 43.3 Å². The Morgan fingerprint density at radius 3 is 2.90 bits per heavy atom. The van der Waals surface area contributed by atoms with E-state index in [0.29, 0.717) is 56.9 Å².